The second-order valence-electron chi connectivity index (χ2n) is 6.66. The van der Waals surface area contributed by atoms with Crippen molar-refractivity contribution in [1.82, 2.24) is 0 Å². The van der Waals surface area contributed by atoms with E-state index < -0.39 is 15.6 Å². The zero-order chi connectivity index (χ0) is 20.2. The number of nitrogens with zero attached hydrogens (tertiary/aromatic N) is 1. The van der Waals surface area contributed by atoms with Gasteiger partial charge in [0.15, 0.2) is 0 Å². The Morgan fingerprint density at radius 2 is 1.68 bits per heavy atom. The van der Waals surface area contributed by atoms with Crippen LogP contribution in [0.3, 0.4) is 0 Å². The van der Waals surface area contributed by atoms with Gasteiger partial charge in [-0.25, -0.2) is 0 Å². The zero-order valence-corrected chi connectivity index (χ0v) is 16.8. The number of hydrogen-bond acceptors (Lipinski definition) is 3. The maximum Gasteiger partial charge on any atom is 0.282 e. The van der Waals surface area contributed by atoms with Crippen LogP contribution in [-0.4, -0.2) is 26.8 Å². The van der Waals surface area contributed by atoms with Crippen LogP contribution in [0, 0.1) is 18.8 Å². The van der Waals surface area contributed by atoms with Crippen molar-refractivity contribution in [2.24, 2.45) is 4.40 Å². The van der Waals surface area contributed by atoms with Crippen LogP contribution in [0.4, 0.5) is 0 Å². The molecule has 1 unspecified atom stereocenters. The monoisotopic (exact) mass is 391 g/mol. The SMILES string of the molecule is COC1(C)C=C/C(=N\S(=O)(=O)c2ccc(C)cc2)C(C#Cc2ccccc2)=C1. The van der Waals surface area contributed by atoms with Crippen molar-refractivity contribution in [1.29, 1.82) is 0 Å². The van der Waals surface area contributed by atoms with Crippen LogP contribution in [0.15, 0.2) is 87.7 Å². The molecule has 0 saturated heterocycles. The van der Waals surface area contributed by atoms with Gasteiger partial charge in [0.25, 0.3) is 10.0 Å². The van der Waals surface area contributed by atoms with E-state index in [0.29, 0.717) is 11.3 Å². The maximum absolute atomic E-state index is 12.7. The Hall–Kier alpha value is -2.94. The lowest BCUT2D eigenvalue weighted by Crippen LogP contribution is -2.26. The topological polar surface area (TPSA) is 55.7 Å². The van der Waals surface area contributed by atoms with Crippen molar-refractivity contribution in [2.75, 3.05) is 7.11 Å². The Morgan fingerprint density at radius 3 is 2.32 bits per heavy atom. The Kier molecular flexibility index (Phi) is 5.64. The van der Waals surface area contributed by atoms with E-state index in [1.54, 1.807) is 49.6 Å². The fourth-order valence-corrected chi connectivity index (χ4v) is 3.61. The van der Waals surface area contributed by atoms with Crippen molar-refractivity contribution in [3.63, 3.8) is 0 Å². The van der Waals surface area contributed by atoms with Gasteiger partial charge in [-0.3, -0.25) is 0 Å². The molecule has 0 saturated carbocycles. The predicted molar refractivity (Wildman–Crippen MR) is 112 cm³/mol. The summed E-state index contributed by atoms with van der Waals surface area (Å²) in [5.41, 5.74) is 1.94. The normalized spacial score (nSPS) is 20.4. The van der Waals surface area contributed by atoms with Gasteiger partial charge in [0, 0.05) is 12.7 Å². The zero-order valence-electron chi connectivity index (χ0n) is 16.0. The summed E-state index contributed by atoms with van der Waals surface area (Å²) in [4.78, 5) is 0.148. The van der Waals surface area contributed by atoms with Crippen LogP contribution in [0.2, 0.25) is 0 Å². The molecule has 0 amide bonds. The van der Waals surface area contributed by atoms with E-state index in [1.807, 2.05) is 44.2 Å². The van der Waals surface area contributed by atoms with E-state index >= 15 is 0 Å². The minimum Gasteiger partial charge on any atom is -0.370 e. The maximum atomic E-state index is 12.7. The molecule has 0 aromatic heterocycles. The number of ether oxygens (including phenoxy) is 1. The standard InChI is InChI=1S/C23H21NO3S/c1-18-9-13-21(14-10-18)28(25,26)24-22-15-16-23(2,27-3)17-20(22)12-11-19-7-5-4-6-8-19/h4-10,13-17H,1-3H3/b24-22+. The van der Waals surface area contributed by atoms with Gasteiger partial charge in [-0.2, -0.15) is 12.8 Å². The molecule has 1 atom stereocenters. The second-order valence-corrected chi connectivity index (χ2v) is 8.26. The lowest BCUT2D eigenvalue weighted by atomic mass is 9.93. The third-order valence-corrected chi connectivity index (χ3v) is 5.68. The van der Waals surface area contributed by atoms with E-state index in [4.69, 9.17) is 4.74 Å². The molecule has 2 aromatic carbocycles. The van der Waals surface area contributed by atoms with E-state index in [9.17, 15) is 8.42 Å². The third kappa shape index (κ3) is 4.66. The van der Waals surface area contributed by atoms with Gasteiger partial charge in [0.05, 0.1) is 16.2 Å². The predicted octanol–water partition coefficient (Wildman–Crippen LogP) is 4.08. The molecule has 1 aliphatic carbocycles. The number of allylic oxidation sites excluding steroid dienone is 2. The van der Waals surface area contributed by atoms with Crippen molar-refractivity contribution in [2.45, 2.75) is 24.3 Å². The van der Waals surface area contributed by atoms with E-state index in [0.717, 1.165) is 11.1 Å². The number of benzene rings is 2. The molecule has 0 N–H and O–H groups in total. The fraction of sp³-hybridized carbons (Fsp3) is 0.174. The van der Waals surface area contributed by atoms with Crippen molar-refractivity contribution in [3.8, 4) is 11.8 Å². The highest BCUT2D eigenvalue weighted by Crippen LogP contribution is 2.23. The van der Waals surface area contributed by atoms with E-state index in [-0.39, 0.29) is 4.90 Å². The molecule has 1 aliphatic rings. The van der Waals surface area contributed by atoms with E-state index in [2.05, 4.69) is 16.2 Å². The Morgan fingerprint density at radius 1 is 1.00 bits per heavy atom. The highest BCUT2D eigenvalue weighted by Gasteiger charge is 2.25. The van der Waals surface area contributed by atoms with Crippen LogP contribution >= 0.6 is 0 Å². The van der Waals surface area contributed by atoms with Crippen LogP contribution in [0.1, 0.15) is 18.1 Å². The molecule has 5 heteroatoms. The molecule has 0 heterocycles. The molecule has 0 aliphatic heterocycles. The summed E-state index contributed by atoms with van der Waals surface area (Å²) in [7, 11) is -2.26. The molecular weight excluding hydrogens is 370 g/mol. The molecule has 0 fully saturated rings. The highest BCUT2D eigenvalue weighted by atomic mass is 32.2. The van der Waals surface area contributed by atoms with Crippen molar-refractivity contribution >= 4 is 15.7 Å². The van der Waals surface area contributed by atoms with Gasteiger partial charge >= 0.3 is 0 Å². The molecule has 0 spiro atoms. The molecule has 0 bridgehead atoms. The quantitative estimate of drug-likeness (QED) is 0.741. The van der Waals surface area contributed by atoms with Gasteiger partial charge in [0.2, 0.25) is 0 Å². The summed E-state index contributed by atoms with van der Waals surface area (Å²) in [5, 5.41) is 0. The van der Waals surface area contributed by atoms with Crippen LogP contribution < -0.4 is 0 Å². The van der Waals surface area contributed by atoms with Gasteiger partial charge in [-0.15, -0.1) is 0 Å². The first-order valence-electron chi connectivity index (χ1n) is 8.78. The third-order valence-electron chi connectivity index (χ3n) is 4.37. The Balaban J connectivity index is 2.04. The number of methoxy groups -OCH3 is 1. The molecule has 4 nitrogen and oxygen atoms in total. The fourth-order valence-electron chi connectivity index (χ4n) is 2.60. The molecule has 28 heavy (non-hydrogen) atoms. The first-order chi connectivity index (χ1) is 13.3. The molecule has 0 radical (unpaired) electrons. The Labute approximate surface area is 166 Å². The van der Waals surface area contributed by atoms with Gasteiger partial charge < -0.3 is 4.74 Å². The molecule has 142 valence electrons. The number of hydrogen-bond donors (Lipinski definition) is 0. The van der Waals surface area contributed by atoms with Gasteiger partial charge in [-0.05, 0) is 56.3 Å². The van der Waals surface area contributed by atoms with Crippen LogP contribution in [0.5, 0.6) is 0 Å². The Bertz CT molecular complexity index is 1120. The smallest absolute Gasteiger partial charge is 0.282 e. The minimum absolute atomic E-state index is 0.148. The number of sulfonamides is 1. The summed E-state index contributed by atoms with van der Waals surface area (Å²) in [6, 6.07) is 16.1. The summed E-state index contributed by atoms with van der Waals surface area (Å²) in [6.07, 6.45) is 5.20. The molecule has 2 aromatic rings. The molecule has 3 rings (SSSR count). The summed E-state index contributed by atoms with van der Waals surface area (Å²) < 4.78 is 35.0. The van der Waals surface area contributed by atoms with Gasteiger partial charge in [-0.1, -0.05) is 47.7 Å². The number of aryl methyl sites for hydroxylation is 1. The largest absolute Gasteiger partial charge is 0.370 e. The lowest BCUT2D eigenvalue weighted by molar-refractivity contribution is 0.0901. The van der Waals surface area contributed by atoms with E-state index in [1.165, 1.54) is 0 Å². The summed E-state index contributed by atoms with van der Waals surface area (Å²) in [5.74, 6) is 6.10. The summed E-state index contributed by atoms with van der Waals surface area (Å²) >= 11 is 0. The average molecular weight is 391 g/mol. The van der Waals surface area contributed by atoms with Crippen LogP contribution in [0.25, 0.3) is 0 Å². The minimum atomic E-state index is -3.85. The van der Waals surface area contributed by atoms with Crippen molar-refractivity contribution < 1.29 is 13.2 Å². The molecular formula is C23H21NO3S. The highest BCUT2D eigenvalue weighted by molar-refractivity contribution is 7.90. The van der Waals surface area contributed by atoms with Crippen molar-refractivity contribution in [3.05, 3.63) is 89.5 Å². The van der Waals surface area contributed by atoms with Gasteiger partial charge in [0.1, 0.15) is 5.60 Å². The first kappa shape index (κ1) is 19.8. The first-order valence-corrected chi connectivity index (χ1v) is 10.2. The lowest BCUT2D eigenvalue weighted by Gasteiger charge is -2.24. The second kappa shape index (κ2) is 7.97. The summed E-state index contributed by atoms with van der Waals surface area (Å²) in [6.45, 7) is 3.77. The number of rotatable bonds is 3. The average Bonchev–Trinajstić information content (AvgIpc) is 2.69. The van der Waals surface area contributed by atoms with Crippen LogP contribution in [-0.2, 0) is 14.8 Å².